The summed E-state index contributed by atoms with van der Waals surface area (Å²) in [6, 6.07) is 6.40. The van der Waals surface area contributed by atoms with Gasteiger partial charge in [-0.3, -0.25) is 9.59 Å². The largest absolute Gasteiger partial charge is 0.417 e. The van der Waals surface area contributed by atoms with Crippen LogP contribution in [0.4, 0.5) is 13.2 Å². The fourth-order valence-electron chi connectivity index (χ4n) is 2.43. The summed E-state index contributed by atoms with van der Waals surface area (Å²) >= 11 is 0. The summed E-state index contributed by atoms with van der Waals surface area (Å²) < 4.78 is 38.9. The lowest BCUT2D eigenvalue weighted by Crippen LogP contribution is -2.50. The molecule has 1 aromatic rings. The third kappa shape index (κ3) is 3.80. The summed E-state index contributed by atoms with van der Waals surface area (Å²) in [6.07, 6.45) is -4.85. The van der Waals surface area contributed by atoms with Gasteiger partial charge in [0.15, 0.2) is 0 Å². The molecule has 122 valence electrons. The van der Waals surface area contributed by atoms with Crippen molar-refractivity contribution in [3.05, 3.63) is 35.4 Å². The van der Waals surface area contributed by atoms with E-state index in [1.807, 2.05) is 0 Å². The van der Waals surface area contributed by atoms with Crippen LogP contribution in [0.25, 0.3) is 0 Å². The average molecular weight is 325 g/mol. The van der Waals surface area contributed by atoms with E-state index in [0.29, 0.717) is 0 Å². The fourth-order valence-corrected chi connectivity index (χ4v) is 2.43. The zero-order valence-electron chi connectivity index (χ0n) is 12.1. The number of hydrogen-bond donors (Lipinski definition) is 0. The van der Waals surface area contributed by atoms with Crippen molar-refractivity contribution in [2.75, 3.05) is 26.2 Å². The highest BCUT2D eigenvalue weighted by atomic mass is 19.4. The number of piperazine rings is 1. The minimum absolute atomic E-state index is 0.141. The zero-order chi connectivity index (χ0) is 17.0. The van der Waals surface area contributed by atoms with Crippen LogP contribution in [0.3, 0.4) is 0 Å². The van der Waals surface area contributed by atoms with Crippen molar-refractivity contribution in [2.24, 2.45) is 0 Å². The molecule has 2 amide bonds. The van der Waals surface area contributed by atoms with Gasteiger partial charge >= 0.3 is 6.18 Å². The van der Waals surface area contributed by atoms with Gasteiger partial charge in [0, 0.05) is 26.2 Å². The summed E-state index contributed by atoms with van der Waals surface area (Å²) in [5, 5.41) is 8.49. The van der Waals surface area contributed by atoms with Gasteiger partial charge in [-0.1, -0.05) is 12.1 Å². The van der Waals surface area contributed by atoms with Crippen molar-refractivity contribution in [3.8, 4) is 6.07 Å². The number of benzene rings is 1. The Balaban J connectivity index is 2.10. The van der Waals surface area contributed by atoms with E-state index in [-0.39, 0.29) is 38.5 Å². The third-order valence-electron chi connectivity index (χ3n) is 3.61. The molecule has 5 nitrogen and oxygen atoms in total. The molecule has 1 saturated heterocycles. The first-order valence-electron chi connectivity index (χ1n) is 6.95. The Hall–Kier alpha value is -2.56. The Kier molecular flexibility index (Phi) is 4.89. The van der Waals surface area contributed by atoms with Crippen molar-refractivity contribution in [1.82, 2.24) is 9.80 Å². The Labute approximate surface area is 130 Å². The van der Waals surface area contributed by atoms with E-state index in [2.05, 4.69) is 0 Å². The Morgan fingerprint density at radius 2 is 1.65 bits per heavy atom. The Bertz CT molecular complexity index is 644. The number of hydrogen-bond acceptors (Lipinski definition) is 3. The van der Waals surface area contributed by atoms with E-state index in [1.54, 1.807) is 6.07 Å². The summed E-state index contributed by atoms with van der Waals surface area (Å²) in [5.74, 6) is -1.04. The maximum atomic E-state index is 13.0. The predicted molar refractivity (Wildman–Crippen MR) is 74.2 cm³/mol. The summed E-state index contributed by atoms with van der Waals surface area (Å²) in [6.45, 7) is 0.700. The standard InChI is InChI=1S/C15H14F3N3O2/c16-15(17,18)12-4-2-1-3-11(12)14(23)21-9-7-20(8-10-21)13(22)5-6-19/h1-4H,5,7-10H2. The summed E-state index contributed by atoms with van der Waals surface area (Å²) in [7, 11) is 0. The molecule has 0 aromatic heterocycles. The topological polar surface area (TPSA) is 64.4 Å². The second-order valence-electron chi connectivity index (χ2n) is 5.05. The number of rotatable bonds is 2. The van der Waals surface area contributed by atoms with Gasteiger partial charge in [-0.15, -0.1) is 0 Å². The van der Waals surface area contributed by atoms with Gasteiger partial charge < -0.3 is 9.80 Å². The molecule has 0 N–H and O–H groups in total. The lowest BCUT2D eigenvalue weighted by Gasteiger charge is -2.34. The second kappa shape index (κ2) is 6.69. The number of nitrogens with zero attached hydrogens (tertiary/aromatic N) is 3. The highest BCUT2D eigenvalue weighted by Crippen LogP contribution is 2.32. The third-order valence-corrected chi connectivity index (χ3v) is 3.61. The first-order valence-corrected chi connectivity index (χ1v) is 6.95. The van der Waals surface area contributed by atoms with Crippen LogP contribution in [0.1, 0.15) is 22.3 Å². The zero-order valence-corrected chi connectivity index (χ0v) is 12.1. The van der Waals surface area contributed by atoms with E-state index >= 15 is 0 Å². The van der Waals surface area contributed by atoms with Crippen molar-refractivity contribution in [1.29, 1.82) is 5.26 Å². The molecule has 1 aliphatic heterocycles. The molecule has 1 fully saturated rings. The van der Waals surface area contributed by atoms with Gasteiger partial charge in [-0.05, 0) is 12.1 Å². The second-order valence-corrected chi connectivity index (χ2v) is 5.05. The minimum atomic E-state index is -4.60. The van der Waals surface area contributed by atoms with Crippen molar-refractivity contribution >= 4 is 11.8 Å². The van der Waals surface area contributed by atoms with Crippen molar-refractivity contribution in [2.45, 2.75) is 12.6 Å². The maximum Gasteiger partial charge on any atom is 0.417 e. The SMILES string of the molecule is N#CCC(=O)N1CCN(C(=O)c2ccccc2C(F)(F)F)CC1. The number of carbonyl (C=O) groups is 2. The van der Waals surface area contributed by atoms with E-state index in [4.69, 9.17) is 5.26 Å². The number of nitriles is 1. The van der Waals surface area contributed by atoms with Crippen LogP contribution < -0.4 is 0 Å². The van der Waals surface area contributed by atoms with Gasteiger partial charge in [0.1, 0.15) is 6.42 Å². The highest BCUT2D eigenvalue weighted by molar-refractivity contribution is 5.96. The quantitative estimate of drug-likeness (QED) is 0.834. The molecule has 1 heterocycles. The van der Waals surface area contributed by atoms with Gasteiger partial charge in [-0.25, -0.2) is 0 Å². The first kappa shape index (κ1) is 16.8. The number of amides is 2. The van der Waals surface area contributed by atoms with Gasteiger partial charge in [0.2, 0.25) is 5.91 Å². The molecule has 0 unspecified atom stereocenters. The first-order chi connectivity index (χ1) is 10.8. The van der Waals surface area contributed by atoms with Gasteiger partial charge in [-0.2, -0.15) is 18.4 Å². The van der Waals surface area contributed by atoms with Crippen LogP contribution in [0.5, 0.6) is 0 Å². The molecule has 0 atom stereocenters. The van der Waals surface area contributed by atoms with Crippen LogP contribution >= 0.6 is 0 Å². The number of halogens is 3. The summed E-state index contributed by atoms with van der Waals surface area (Å²) in [5.41, 5.74) is -1.36. The van der Waals surface area contributed by atoms with E-state index in [0.717, 1.165) is 12.1 Å². The molecular weight excluding hydrogens is 311 g/mol. The molecule has 0 saturated carbocycles. The molecule has 0 radical (unpaired) electrons. The van der Waals surface area contributed by atoms with Gasteiger partial charge in [0.05, 0.1) is 17.2 Å². The molecule has 0 aliphatic carbocycles. The lowest BCUT2D eigenvalue weighted by molar-refractivity contribution is -0.138. The van der Waals surface area contributed by atoms with Crippen LogP contribution in [-0.2, 0) is 11.0 Å². The van der Waals surface area contributed by atoms with Gasteiger partial charge in [0.25, 0.3) is 5.91 Å². The molecule has 8 heteroatoms. The minimum Gasteiger partial charge on any atom is -0.338 e. The van der Waals surface area contributed by atoms with Crippen LogP contribution in [0, 0.1) is 11.3 Å². The van der Waals surface area contributed by atoms with E-state index in [1.165, 1.54) is 21.9 Å². The summed E-state index contributed by atoms with van der Waals surface area (Å²) in [4.78, 5) is 26.6. The van der Waals surface area contributed by atoms with Crippen LogP contribution in [0.2, 0.25) is 0 Å². The highest BCUT2D eigenvalue weighted by Gasteiger charge is 2.36. The van der Waals surface area contributed by atoms with Crippen molar-refractivity contribution in [3.63, 3.8) is 0 Å². The molecule has 2 rings (SSSR count). The average Bonchev–Trinajstić information content (AvgIpc) is 2.54. The molecule has 23 heavy (non-hydrogen) atoms. The monoisotopic (exact) mass is 325 g/mol. The predicted octanol–water partition coefficient (Wildman–Crippen LogP) is 1.90. The van der Waals surface area contributed by atoms with E-state index < -0.39 is 23.2 Å². The number of alkyl halides is 3. The van der Waals surface area contributed by atoms with Crippen LogP contribution in [-0.4, -0.2) is 47.8 Å². The molecular formula is C15H14F3N3O2. The Morgan fingerprint density at radius 3 is 2.22 bits per heavy atom. The smallest absolute Gasteiger partial charge is 0.338 e. The number of carbonyl (C=O) groups excluding carboxylic acids is 2. The Morgan fingerprint density at radius 1 is 1.09 bits per heavy atom. The molecule has 0 bridgehead atoms. The van der Waals surface area contributed by atoms with E-state index in [9.17, 15) is 22.8 Å². The molecule has 1 aliphatic rings. The fraction of sp³-hybridized carbons (Fsp3) is 0.400. The molecule has 0 spiro atoms. The van der Waals surface area contributed by atoms with Crippen LogP contribution in [0.15, 0.2) is 24.3 Å². The maximum absolute atomic E-state index is 13.0. The molecule has 1 aromatic carbocycles. The normalized spacial score (nSPS) is 15.2. The lowest BCUT2D eigenvalue weighted by atomic mass is 10.1. The van der Waals surface area contributed by atoms with Crippen molar-refractivity contribution < 1.29 is 22.8 Å².